The van der Waals surface area contributed by atoms with Gasteiger partial charge in [0.2, 0.25) is 0 Å². The number of rotatable bonds is 5. The van der Waals surface area contributed by atoms with Crippen molar-refractivity contribution in [1.82, 2.24) is 10.3 Å². The van der Waals surface area contributed by atoms with Crippen molar-refractivity contribution in [1.29, 1.82) is 5.26 Å². The van der Waals surface area contributed by atoms with E-state index in [0.717, 1.165) is 50.6 Å². The molecule has 2 N–H and O–H groups in total. The Bertz CT molecular complexity index is 1230. The maximum absolute atomic E-state index is 12.6. The number of cyclic esters (lactones) is 1. The number of carbonyl (C=O) groups excluding carboxylic acids is 2. The van der Waals surface area contributed by atoms with Crippen LogP contribution in [0.5, 0.6) is 5.75 Å². The van der Waals surface area contributed by atoms with Gasteiger partial charge in [-0.05, 0) is 86.2 Å². The Morgan fingerprint density at radius 3 is 2.83 bits per heavy atom. The number of ether oxygens (including phenoxy) is 2. The van der Waals surface area contributed by atoms with E-state index in [2.05, 4.69) is 27.8 Å². The molecule has 2 unspecified atom stereocenters. The summed E-state index contributed by atoms with van der Waals surface area (Å²) in [5, 5.41) is 15.8. The Morgan fingerprint density at radius 2 is 2.00 bits per heavy atom. The summed E-state index contributed by atoms with van der Waals surface area (Å²) in [6.07, 6.45) is 5.59. The van der Waals surface area contributed by atoms with Crippen LogP contribution >= 0.6 is 0 Å². The van der Waals surface area contributed by atoms with Gasteiger partial charge in [-0.15, -0.1) is 0 Å². The Kier molecular flexibility index (Phi) is 5.97. The number of benzene rings is 1. The molecule has 6 rings (SSSR count). The highest BCUT2D eigenvalue weighted by molar-refractivity contribution is 5.95. The van der Waals surface area contributed by atoms with E-state index >= 15 is 0 Å². The number of pyridine rings is 1. The van der Waals surface area contributed by atoms with Crippen LogP contribution in [0.4, 0.5) is 16.4 Å². The number of hydrogen-bond acceptors (Lipinski definition) is 7. The molecule has 3 heterocycles. The first-order chi connectivity index (χ1) is 17.6. The van der Waals surface area contributed by atoms with Crippen LogP contribution in [0.1, 0.15) is 42.4 Å². The van der Waals surface area contributed by atoms with Gasteiger partial charge in [-0.1, -0.05) is 12.1 Å². The molecular weight excluding hydrogens is 458 g/mol. The minimum Gasteiger partial charge on any atom is -0.480 e. The molecule has 2 fully saturated rings. The minimum absolute atomic E-state index is 0.0319. The molecule has 2 aliphatic heterocycles. The lowest BCUT2D eigenvalue weighted by Crippen LogP contribution is -2.39. The first-order valence-electron chi connectivity index (χ1n) is 12.7. The fourth-order valence-corrected chi connectivity index (χ4v) is 6.04. The Hall–Kier alpha value is -3.64. The number of amides is 2. The highest BCUT2D eigenvalue weighted by Crippen LogP contribution is 2.35. The third-order valence-corrected chi connectivity index (χ3v) is 7.96. The Labute approximate surface area is 209 Å². The molecule has 9 nitrogen and oxygen atoms in total. The topological polar surface area (TPSA) is 117 Å². The predicted octanol–water partition coefficient (Wildman–Crippen LogP) is 3.17. The van der Waals surface area contributed by atoms with Gasteiger partial charge in [0, 0.05) is 6.04 Å². The summed E-state index contributed by atoms with van der Waals surface area (Å²) in [5.74, 6) is 1.90. The molecule has 1 aromatic carbocycles. The number of fused-ring (bicyclic) bond motifs is 2. The SMILES string of the molecule is N#Cc1cccc2c1CC(CNC1CCC(C3CN(c4ccc5c(n4)NC(=O)CO5)C(=O)O3)CC1)C2. The number of anilines is 2. The number of nitrogens with zero attached hydrogens (tertiary/aromatic N) is 3. The standard InChI is InChI=1S/C27H29N5O4/c28-12-19-3-1-2-18-10-16(11-21(18)19)13-29-20-6-4-17(5-7-20)23-14-32(27(34)36-23)24-9-8-22-26(30-24)31-25(33)15-35-22/h1-3,8-9,16-17,20,23,29H,4-7,10-11,13-15H2,(H,30,31,33). The third-order valence-electron chi connectivity index (χ3n) is 7.96. The zero-order chi connectivity index (χ0) is 24.6. The summed E-state index contributed by atoms with van der Waals surface area (Å²) >= 11 is 0. The third kappa shape index (κ3) is 4.37. The van der Waals surface area contributed by atoms with Gasteiger partial charge in [-0.2, -0.15) is 5.26 Å². The summed E-state index contributed by atoms with van der Waals surface area (Å²) in [6, 6.07) is 12.3. The maximum Gasteiger partial charge on any atom is 0.415 e. The van der Waals surface area contributed by atoms with E-state index in [0.29, 0.717) is 41.8 Å². The second-order valence-corrected chi connectivity index (χ2v) is 10.2. The molecule has 0 radical (unpaired) electrons. The molecule has 36 heavy (non-hydrogen) atoms. The molecule has 1 saturated carbocycles. The smallest absolute Gasteiger partial charge is 0.415 e. The number of carbonyl (C=O) groups is 2. The van der Waals surface area contributed by atoms with Crippen molar-refractivity contribution in [3.63, 3.8) is 0 Å². The van der Waals surface area contributed by atoms with Crippen LogP contribution in [-0.4, -0.2) is 48.8 Å². The van der Waals surface area contributed by atoms with Crippen LogP contribution in [0.3, 0.4) is 0 Å². The summed E-state index contributed by atoms with van der Waals surface area (Å²) in [7, 11) is 0. The van der Waals surface area contributed by atoms with Crippen LogP contribution in [0.15, 0.2) is 30.3 Å². The summed E-state index contributed by atoms with van der Waals surface area (Å²) in [5.41, 5.74) is 3.37. The van der Waals surface area contributed by atoms with E-state index in [1.807, 2.05) is 12.1 Å². The van der Waals surface area contributed by atoms with Crippen LogP contribution in [0, 0.1) is 23.2 Å². The van der Waals surface area contributed by atoms with Crippen molar-refractivity contribution < 1.29 is 19.1 Å². The number of aromatic nitrogens is 1. The van der Waals surface area contributed by atoms with Crippen molar-refractivity contribution in [2.75, 3.05) is 29.9 Å². The number of hydrogen-bond donors (Lipinski definition) is 2. The lowest BCUT2D eigenvalue weighted by Gasteiger charge is -2.32. The maximum atomic E-state index is 12.6. The van der Waals surface area contributed by atoms with Crippen LogP contribution in [-0.2, 0) is 22.4 Å². The van der Waals surface area contributed by atoms with Crippen LogP contribution in [0.25, 0.3) is 0 Å². The predicted molar refractivity (Wildman–Crippen MR) is 132 cm³/mol. The zero-order valence-electron chi connectivity index (χ0n) is 20.0. The fraction of sp³-hybridized carbons (Fsp3) is 0.481. The van der Waals surface area contributed by atoms with Crippen molar-refractivity contribution in [2.45, 2.75) is 50.7 Å². The van der Waals surface area contributed by atoms with E-state index in [1.54, 1.807) is 17.0 Å². The average molecular weight is 488 g/mol. The van der Waals surface area contributed by atoms with E-state index in [4.69, 9.17) is 9.47 Å². The van der Waals surface area contributed by atoms with Crippen molar-refractivity contribution in [3.8, 4) is 11.8 Å². The van der Waals surface area contributed by atoms with Gasteiger partial charge >= 0.3 is 6.09 Å². The van der Waals surface area contributed by atoms with Crippen LogP contribution < -0.4 is 20.3 Å². The minimum atomic E-state index is -0.395. The second-order valence-electron chi connectivity index (χ2n) is 10.2. The molecule has 0 bridgehead atoms. The molecule has 2 atom stereocenters. The van der Waals surface area contributed by atoms with Gasteiger partial charge in [-0.3, -0.25) is 9.69 Å². The van der Waals surface area contributed by atoms with Gasteiger partial charge in [0.15, 0.2) is 18.2 Å². The Balaban J connectivity index is 0.996. The zero-order valence-corrected chi connectivity index (χ0v) is 20.0. The first kappa shape index (κ1) is 22.8. The lowest BCUT2D eigenvalue weighted by molar-refractivity contribution is -0.118. The van der Waals surface area contributed by atoms with Crippen LogP contribution in [0.2, 0.25) is 0 Å². The van der Waals surface area contributed by atoms with Gasteiger partial charge in [0.25, 0.3) is 5.91 Å². The lowest BCUT2D eigenvalue weighted by atomic mass is 9.82. The largest absolute Gasteiger partial charge is 0.480 e. The van der Waals surface area contributed by atoms with Gasteiger partial charge in [0.05, 0.1) is 18.2 Å². The summed E-state index contributed by atoms with van der Waals surface area (Å²) in [4.78, 5) is 30.2. The van der Waals surface area contributed by atoms with Crippen molar-refractivity contribution >= 4 is 23.6 Å². The van der Waals surface area contributed by atoms with E-state index < -0.39 is 6.09 Å². The van der Waals surface area contributed by atoms with E-state index in [-0.39, 0.29) is 18.6 Å². The Morgan fingerprint density at radius 1 is 1.14 bits per heavy atom. The molecule has 0 spiro atoms. The summed E-state index contributed by atoms with van der Waals surface area (Å²) in [6.45, 7) is 1.39. The van der Waals surface area contributed by atoms with E-state index in [1.165, 1.54) is 11.1 Å². The summed E-state index contributed by atoms with van der Waals surface area (Å²) < 4.78 is 11.1. The van der Waals surface area contributed by atoms with Gasteiger partial charge in [-0.25, -0.2) is 9.78 Å². The second kappa shape index (κ2) is 9.43. The van der Waals surface area contributed by atoms with Crippen molar-refractivity contribution in [2.24, 2.45) is 11.8 Å². The molecule has 186 valence electrons. The molecule has 2 aromatic rings. The highest BCUT2D eigenvalue weighted by Gasteiger charge is 2.40. The highest BCUT2D eigenvalue weighted by atomic mass is 16.6. The normalized spacial score (nSPS) is 26.9. The molecule has 9 heteroatoms. The molecular formula is C27H29N5O4. The fourth-order valence-electron chi connectivity index (χ4n) is 6.04. The number of nitrogens with one attached hydrogen (secondary N) is 2. The van der Waals surface area contributed by atoms with Gasteiger partial charge < -0.3 is 20.1 Å². The quantitative estimate of drug-likeness (QED) is 0.665. The van der Waals surface area contributed by atoms with E-state index in [9.17, 15) is 14.9 Å². The van der Waals surface area contributed by atoms with Gasteiger partial charge in [0.1, 0.15) is 11.9 Å². The average Bonchev–Trinajstić information content (AvgIpc) is 3.50. The molecule has 1 aromatic heterocycles. The molecule has 2 amide bonds. The first-order valence-corrected chi connectivity index (χ1v) is 12.7. The molecule has 2 aliphatic carbocycles. The molecule has 1 saturated heterocycles. The van der Waals surface area contributed by atoms with Crippen molar-refractivity contribution in [3.05, 3.63) is 47.0 Å². The monoisotopic (exact) mass is 487 g/mol. The molecule has 4 aliphatic rings. The number of nitriles is 1.